The van der Waals surface area contributed by atoms with Crippen molar-refractivity contribution in [1.82, 2.24) is 9.80 Å². The van der Waals surface area contributed by atoms with Crippen LogP contribution in [0.2, 0.25) is 0 Å². The number of ether oxygens (including phenoxy) is 2. The molecule has 3 aromatic rings. The Labute approximate surface area is 239 Å². The first kappa shape index (κ1) is 28.1. The number of imide groups is 1. The molecule has 5 rings (SSSR count). The van der Waals surface area contributed by atoms with Crippen molar-refractivity contribution in [3.8, 4) is 5.75 Å². The average Bonchev–Trinajstić information content (AvgIpc) is 3.32. The summed E-state index contributed by atoms with van der Waals surface area (Å²) < 4.78 is 11.3. The van der Waals surface area contributed by atoms with Crippen LogP contribution in [-0.4, -0.2) is 58.1 Å². The summed E-state index contributed by atoms with van der Waals surface area (Å²) in [6.07, 6.45) is 1.92. The number of carbonyl (C=O) groups is 3. The molecule has 0 saturated carbocycles. The molecule has 2 fully saturated rings. The third-order valence-corrected chi connectivity index (χ3v) is 7.80. The molecule has 2 heterocycles. The molecule has 0 radical (unpaired) electrons. The second kappa shape index (κ2) is 11.2. The molecule has 0 bridgehead atoms. The van der Waals surface area contributed by atoms with Crippen LogP contribution in [0.3, 0.4) is 0 Å². The second-order valence-corrected chi connectivity index (χ2v) is 10.9. The number of hydrogen-bond acceptors (Lipinski definition) is 6. The zero-order valence-corrected chi connectivity index (χ0v) is 23.4. The minimum atomic E-state index is -1.59. The van der Waals surface area contributed by atoms with E-state index >= 15 is 0 Å². The molecule has 2 aliphatic rings. The number of cyclic esters (lactones) is 1. The molecular formula is C33H34N2O6. The lowest BCUT2D eigenvalue weighted by Crippen LogP contribution is -2.65. The number of rotatable bonds is 9. The molecule has 8 nitrogen and oxygen atoms in total. The van der Waals surface area contributed by atoms with Crippen molar-refractivity contribution in [3.05, 3.63) is 114 Å². The van der Waals surface area contributed by atoms with E-state index in [-0.39, 0.29) is 18.9 Å². The Kier molecular flexibility index (Phi) is 7.69. The predicted octanol–water partition coefficient (Wildman–Crippen LogP) is 4.66. The molecule has 41 heavy (non-hydrogen) atoms. The van der Waals surface area contributed by atoms with Crippen molar-refractivity contribution in [2.24, 2.45) is 5.92 Å². The summed E-state index contributed by atoms with van der Waals surface area (Å²) in [6.45, 7) is 4.40. The molecule has 2 atom stereocenters. The fourth-order valence-corrected chi connectivity index (χ4v) is 5.86. The van der Waals surface area contributed by atoms with Gasteiger partial charge in [0.05, 0.1) is 19.7 Å². The lowest BCUT2D eigenvalue weighted by atomic mass is 9.75. The van der Waals surface area contributed by atoms with Crippen LogP contribution in [-0.2, 0) is 26.5 Å². The highest BCUT2D eigenvalue weighted by atomic mass is 16.6. The lowest BCUT2D eigenvalue weighted by Gasteiger charge is -2.44. The highest BCUT2D eigenvalue weighted by Crippen LogP contribution is 2.47. The highest BCUT2D eigenvalue weighted by Gasteiger charge is 2.59. The van der Waals surface area contributed by atoms with E-state index in [9.17, 15) is 19.5 Å². The number of nitrogens with zero attached hydrogens (tertiary/aromatic N) is 2. The average molecular weight is 555 g/mol. The first-order valence-electron chi connectivity index (χ1n) is 13.7. The SMILES string of the molecule is COc1ccc(CN2C[C@@](O)(C/C=C/C(=O)N3C(=O)OC(c4ccccc4)(c4ccccc4)[C@@H]3C(C)C)C2=O)cc1. The Balaban J connectivity index is 1.32. The van der Waals surface area contributed by atoms with Gasteiger partial charge in [0.15, 0.2) is 11.2 Å². The third-order valence-electron chi connectivity index (χ3n) is 7.80. The van der Waals surface area contributed by atoms with Crippen LogP contribution >= 0.6 is 0 Å². The maximum Gasteiger partial charge on any atom is 0.418 e. The number of β-amino-alcohol motifs (C(OH)–C–C–N with tert-alkyl or cyclic N) is 1. The maximum atomic E-state index is 13.5. The molecule has 3 amide bonds. The standard InChI is InChI=1S/C33H34N2O6/c1-23(2)29-33(25-11-6-4-7-12-25,26-13-8-5-9-14-26)41-31(38)35(29)28(36)15-10-20-32(39)22-34(30(32)37)21-24-16-18-27(40-3)19-17-24/h4-19,23,29,39H,20-22H2,1-3H3/b15-10+/t29-,32-/m0/s1. The monoisotopic (exact) mass is 554 g/mol. The van der Waals surface area contributed by atoms with Crippen LogP contribution in [0.25, 0.3) is 0 Å². The van der Waals surface area contributed by atoms with E-state index in [4.69, 9.17) is 9.47 Å². The van der Waals surface area contributed by atoms with Crippen molar-refractivity contribution in [2.75, 3.05) is 13.7 Å². The summed E-state index contributed by atoms with van der Waals surface area (Å²) in [6, 6.07) is 25.6. The number of aliphatic hydroxyl groups is 1. The molecule has 2 aliphatic heterocycles. The minimum Gasteiger partial charge on any atom is -0.497 e. The van der Waals surface area contributed by atoms with Gasteiger partial charge < -0.3 is 19.5 Å². The van der Waals surface area contributed by atoms with E-state index in [1.54, 1.807) is 12.0 Å². The highest BCUT2D eigenvalue weighted by molar-refractivity contribution is 6.01. The van der Waals surface area contributed by atoms with Crippen molar-refractivity contribution in [2.45, 2.75) is 44.1 Å². The quantitative estimate of drug-likeness (QED) is 0.305. The smallest absolute Gasteiger partial charge is 0.418 e. The van der Waals surface area contributed by atoms with Gasteiger partial charge in [-0.05, 0) is 29.7 Å². The van der Waals surface area contributed by atoms with Crippen LogP contribution in [0.1, 0.15) is 37.0 Å². The number of likely N-dealkylation sites (tertiary alicyclic amines) is 1. The van der Waals surface area contributed by atoms with Gasteiger partial charge >= 0.3 is 6.09 Å². The summed E-state index contributed by atoms with van der Waals surface area (Å²) in [7, 11) is 1.59. The lowest BCUT2D eigenvalue weighted by molar-refractivity contribution is -0.176. The van der Waals surface area contributed by atoms with Gasteiger partial charge in [-0.2, -0.15) is 0 Å². The summed E-state index contributed by atoms with van der Waals surface area (Å²) in [5.74, 6) is -0.393. The minimum absolute atomic E-state index is 0.0472. The van der Waals surface area contributed by atoms with E-state index in [2.05, 4.69) is 0 Å². The third kappa shape index (κ3) is 5.11. The first-order chi connectivity index (χ1) is 19.7. The number of hydrogen-bond donors (Lipinski definition) is 1. The van der Waals surface area contributed by atoms with E-state index in [1.807, 2.05) is 98.8 Å². The second-order valence-electron chi connectivity index (χ2n) is 10.9. The molecule has 212 valence electrons. The molecule has 0 aromatic heterocycles. The number of amides is 3. The summed E-state index contributed by atoms with van der Waals surface area (Å²) >= 11 is 0. The Morgan fingerprint density at radius 3 is 2.10 bits per heavy atom. The van der Waals surface area contributed by atoms with Gasteiger partial charge in [-0.15, -0.1) is 0 Å². The summed E-state index contributed by atoms with van der Waals surface area (Å²) in [4.78, 5) is 42.4. The number of β-lactam (4-membered cyclic amide) rings is 1. The van der Waals surface area contributed by atoms with Crippen molar-refractivity contribution in [3.63, 3.8) is 0 Å². The normalized spacial score (nSPS) is 21.7. The molecular weight excluding hydrogens is 520 g/mol. The largest absolute Gasteiger partial charge is 0.497 e. The molecule has 0 aliphatic carbocycles. The first-order valence-corrected chi connectivity index (χ1v) is 13.7. The molecule has 2 saturated heterocycles. The summed E-state index contributed by atoms with van der Waals surface area (Å²) in [5, 5.41) is 10.9. The fraction of sp³-hybridized carbons (Fsp3) is 0.303. The molecule has 8 heteroatoms. The zero-order chi connectivity index (χ0) is 29.2. The topological polar surface area (TPSA) is 96.4 Å². The molecule has 0 spiro atoms. The molecule has 3 aromatic carbocycles. The zero-order valence-electron chi connectivity index (χ0n) is 23.4. The van der Waals surface area contributed by atoms with E-state index < -0.39 is 35.2 Å². The fourth-order valence-electron chi connectivity index (χ4n) is 5.86. The predicted molar refractivity (Wildman–Crippen MR) is 153 cm³/mol. The van der Waals surface area contributed by atoms with Gasteiger partial charge in [-0.1, -0.05) is 92.7 Å². The number of benzene rings is 3. The van der Waals surface area contributed by atoms with E-state index in [1.165, 1.54) is 12.2 Å². The van der Waals surface area contributed by atoms with E-state index in [0.717, 1.165) is 27.3 Å². The van der Waals surface area contributed by atoms with Crippen LogP contribution in [0, 0.1) is 5.92 Å². The maximum absolute atomic E-state index is 13.5. The van der Waals surface area contributed by atoms with Gasteiger partial charge in [0, 0.05) is 24.1 Å². The Morgan fingerprint density at radius 1 is 1.00 bits per heavy atom. The number of methoxy groups -OCH3 is 1. The Hall–Kier alpha value is -4.43. The molecule has 0 unspecified atom stereocenters. The van der Waals surface area contributed by atoms with Crippen molar-refractivity contribution in [1.29, 1.82) is 0 Å². The Bertz CT molecular complexity index is 1400. The van der Waals surface area contributed by atoms with Gasteiger partial charge in [0.2, 0.25) is 0 Å². The van der Waals surface area contributed by atoms with Crippen LogP contribution in [0.5, 0.6) is 5.75 Å². The Morgan fingerprint density at radius 2 is 1.59 bits per heavy atom. The van der Waals surface area contributed by atoms with Crippen molar-refractivity contribution < 1.29 is 29.0 Å². The number of carbonyl (C=O) groups excluding carboxylic acids is 3. The van der Waals surface area contributed by atoms with E-state index in [0.29, 0.717) is 6.54 Å². The van der Waals surface area contributed by atoms with Crippen LogP contribution in [0.4, 0.5) is 4.79 Å². The molecule has 1 N–H and O–H groups in total. The van der Waals surface area contributed by atoms with Gasteiger partial charge in [-0.3, -0.25) is 9.59 Å². The summed E-state index contributed by atoms with van der Waals surface area (Å²) in [5.41, 5.74) is -0.335. The van der Waals surface area contributed by atoms with Gasteiger partial charge in [-0.25, -0.2) is 9.69 Å². The van der Waals surface area contributed by atoms with Crippen LogP contribution in [0.15, 0.2) is 97.1 Å². The van der Waals surface area contributed by atoms with Gasteiger partial charge in [0.25, 0.3) is 11.8 Å². The van der Waals surface area contributed by atoms with Gasteiger partial charge in [0.1, 0.15) is 5.75 Å². The van der Waals surface area contributed by atoms with Crippen LogP contribution < -0.4 is 4.74 Å². The van der Waals surface area contributed by atoms with Crippen molar-refractivity contribution >= 4 is 17.9 Å².